The highest BCUT2D eigenvalue weighted by atomic mass is 35.5. The number of alkyl halides is 2. The Bertz CT molecular complexity index is 418. The van der Waals surface area contributed by atoms with E-state index in [1.165, 1.54) is 11.1 Å². The molecule has 100 valence electrons. The van der Waals surface area contributed by atoms with Crippen molar-refractivity contribution in [3.05, 3.63) is 29.3 Å². The minimum atomic E-state index is -0.225. The minimum Gasteiger partial charge on any atom is -0.488 e. The Kier molecular flexibility index (Phi) is 4.41. The van der Waals surface area contributed by atoms with Gasteiger partial charge < -0.3 is 10.1 Å². The van der Waals surface area contributed by atoms with Gasteiger partial charge in [0.1, 0.15) is 11.9 Å². The molecule has 0 radical (unpaired) electrons. The van der Waals surface area contributed by atoms with Crippen molar-refractivity contribution in [2.24, 2.45) is 0 Å². The van der Waals surface area contributed by atoms with Gasteiger partial charge in [0.15, 0.2) is 0 Å². The summed E-state index contributed by atoms with van der Waals surface area (Å²) < 4.78 is 5.90. The Morgan fingerprint density at radius 3 is 2.78 bits per heavy atom. The topological polar surface area (TPSA) is 21.3 Å². The molecule has 0 aromatic heterocycles. The van der Waals surface area contributed by atoms with Gasteiger partial charge >= 0.3 is 0 Å². The maximum absolute atomic E-state index is 5.92. The number of rotatable bonds is 5. The largest absolute Gasteiger partial charge is 0.488 e. The average Bonchev–Trinajstić information content (AvgIpc) is 2.78. The summed E-state index contributed by atoms with van der Waals surface area (Å²) in [6, 6.07) is 6.32. The summed E-state index contributed by atoms with van der Waals surface area (Å²) in [5.74, 6) is 2.00. The van der Waals surface area contributed by atoms with Crippen LogP contribution in [0.5, 0.6) is 5.75 Å². The van der Waals surface area contributed by atoms with Crippen LogP contribution in [0.15, 0.2) is 18.2 Å². The highest BCUT2D eigenvalue weighted by molar-refractivity contribution is 6.22. The van der Waals surface area contributed by atoms with Gasteiger partial charge in [-0.3, -0.25) is 0 Å². The first-order valence-corrected chi connectivity index (χ1v) is 7.26. The summed E-state index contributed by atoms with van der Waals surface area (Å²) >= 11 is 11.8. The van der Waals surface area contributed by atoms with E-state index in [-0.39, 0.29) is 11.6 Å². The van der Waals surface area contributed by atoms with Crippen molar-refractivity contribution in [2.45, 2.75) is 31.9 Å². The predicted molar refractivity (Wildman–Crippen MR) is 77.1 cm³/mol. The van der Waals surface area contributed by atoms with Crippen LogP contribution in [0.25, 0.3) is 0 Å². The molecule has 0 saturated heterocycles. The quantitative estimate of drug-likeness (QED) is 0.841. The molecule has 2 rings (SSSR count). The van der Waals surface area contributed by atoms with Gasteiger partial charge in [-0.05, 0) is 25.5 Å². The monoisotopic (exact) mass is 287 g/mol. The molecule has 0 spiro atoms. The lowest BCUT2D eigenvalue weighted by molar-refractivity contribution is 0.213. The molecule has 1 N–H and O–H groups in total. The molecule has 0 fully saturated rings. The van der Waals surface area contributed by atoms with Crippen LogP contribution >= 0.6 is 23.2 Å². The first-order chi connectivity index (χ1) is 8.56. The summed E-state index contributed by atoms with van der Waals surface area (Å²) in [6.07, 6.45) is 1.12. The van der Waals surface area contributed by atoms with E-state index < -0.39 is 0 Å². The predicted octanol–water partition coefficient (Wildman–Crippen LogP) is 3.12. The van der Waals surface area contributed by atoms with E-state index in [4.69, 9.17) is 27.9 Å². The van der Waals surface area contributed by atoms with E-state index in [0.717, 1.165) is 18.7 Å². The molecule has 0 bridgehead atoms. The molecule has 1 atom stereocenters. The number of fused-ring (bicyclic) bond motifs is 1. The Labute approximate surface area is 119 Å². The van der Waals surface area contributed by atoms with Crippen molar-refractivity contribution in [1.29, 1.82) is 0 Å². The fourth-order valence-corrected chi connectivity index (χ4v) is 2.53. The second-order valence-corrected chi connectivity index (χ2v) is 5.80. The lowest BCUT2D eigenvalue weighted by Gasteiger charge is -2.27. The van der Waals surface area contributed by atoms with Crippen LogP contribution in [0.2, 0.25) is 0 Å². The first-order valence-electron chi connectivity index (χ1n) is 6.19. The Hall–Kier alpha value is -0.440. The third-order valence-electron chi connectivity index (χ3n) is 3.30. The van der Waals surface area contributed by atoms with Gasteiger partial charge in [0.25, 0.3) is 0 Å². The fourth-order valence-electron chi connectivity index (χ4n) is 2.05. The van der Waals surface area contributed by atoms with Crippen molar-refractivity contribution in [2.75, 3.05) is 18.3 Å². The van der Waals surface area contributed by atoms with Gasteiger partial charge in [-0.2, -0.15) is 0 Å². The highest BCUT2D eigenvalue weighted by Gasteiger charge is 2.27. The standard InChI is InChI=1S/C14H19Cl2NO/c1-10-3-4-13-11(5-10)6-12(18-13)7-17-14(2,8-15)9-16/h3-5,12,17H,6-9H2,1-2H3. The summed E-state index contributed by atoms with van der Waals surface area (Å²) in [7, 11) is 0. The van der Waals surface area contributed by atoms with Gasteiger partial charge in [0.05, 0.1) is 0 Å². The van der Waals surface area contributed by atoms with Crippen molar-refractivity contribution in [1.82, 2.24) is 5.32 Å². The van der Waals surface area contributed by atoms with E-state index in [2.05, 4.69) is 24.4 Å². The molecule has 1 aliphatic heterocycles. The van der Waals surface area contributed by atoms with Crippen molar-refractivity contribution in [3.63, 3.8) is 0 Å². The number of hydrogen-bond donors (Lipinski definition) is 1. The van der Waals surface area contributed by atoms with Gasteiger partial charge in [-0.1, -0.05) is 17.7 Å². The van der Waals surface area contributed by atoms with Crippen LogP contribution in [-0.2, 0) is 6.42 Å². The zero-order valence-electron chi connectivity index (χ0n) is 10.8. The SMILES string of the molecule is Cc1ccc2c(c1)CC(CNC(C)(CCl)CCl)O2. The number of hydrogen-bond acceptors (Lipinski definition) is 2. The van der Waals surface area contributed by atoms with Crippen LogP contribution in [0.1, 0.15) is 18.1 Å². The fraction of sp³-hybridized carbons (Fsp3) is 0.571. The Morgan fingerprint density at radius 1 is 1.39 bits per heavy atom. The molecule has 0 aliphatic carbocycles. The molecule has 1 unspecified atom stereocenters. The highest BCUT2D eigenvalue weighted by Crippen LogP contribution is 2.29. The first kappa shape index (κ1) is 14.0. The van der Waals surface area contributed by atoms with Crippen molar-refractivity contribution in [3.8, 4) is 5.75 Å². The molecule has 1 aromatic rings. The van der Waals surface area contributed by atoms with Crippen LogP contribution in [0, 0.1) is 6.92 Å². The van der Waals surface area contributed by atoms with E-state index in [1.807, 2.05) is 13.0 Å². The third kappa shape index (κ3) is 3.11. The summed E-state index contributed by atoms with van der Waals surface area (Å²) in [6.45, 7) is 4.90. The summed E-state index contributed by atoms with van der Waals surface area (Å²) in [4.78, 5) is 0. The smallest absolute Gasteiger partial charge is 0.123 e. The molecule has 1 aliphatic rings. The van der Waals surface area contributed by atoms with E-state index in [9.17, 15) is 0 Å². The Morgan fingerprint density at radius 2 is 2.11 bits per heavy atom. The van der Waals surface area contributed by atoms with E-state index in [1.54, 1.807) is 0 Å². The van der Waals surface area contributed by atoms with Gasteiger partial charge in [-0.25, -0.2) is 0 Å². The lowest BCUT2D eigenvalue weighted by atomic mass is 10.1. The van der Waals surface area contributed by atoms with Crippen molar-refractivity contribution < 1.29 is 4.74 Å². The third-order valence-corrected chi connectivity index (χ3v) is 4.48. The number of ether oxygens (including phenoxy) is 1. The second kappa shape index (κ2) is 5.68. The molecular weight excluding hydrogens is 269 g/mol. The van der Waals surface area contributed by atoms with Crippen LogP contribution in [0.3, 0.4) is 0 Å². The maximum atomic E-state index is 5.92. The molecule has 1 aromatic carbocycles. The molecule has 0 saturated carbocycles. The van der Waals surface area contributed by atoms with Gasteiger partial charge in [0, 0.05) is 30.3 Å². The van der Waals surface area contributed by atoms with Crippen molar-refractivity contribution >= 4 is 23.2 Å². The average molecular weight is 288 g/mol. The molecule has 0 amide bonds. The zero-order chi connectivity index (χ0) is 13.2. The van der Waals surface area contributed by atoms with Gasteiger partial charge in [0.2, 0.25) is 0 Å². The maximum Gasteiger partial charge on any atom is 0.123 e. The second-order valence-electron chi connectivity index (χ2n) is 5.26. The van der Waals surface area contributed by atoms with Crippen LogP contribution in [0.4, 0.5) is 0 Å². The molecule has 2 nitrogen and oxygen atoms in total. The minimum absolute atomic E-state index is 0.174. The Balaban J connectivity index is 1.92. The number of aryl methyl sites for hydroxylation is 1. The zero-order valence-corrected chi connectivity index (χ0v) is 12.3. The molecule has 1 heterocycles. The van der Waals surface area contributed by atoms with Crippen LogP contribution in [-0.4, -0.2) is 29.9 Å². The number of halogens is 2. The molecule has 18 heavy (non-hydrogen) atoms. The lowest BCUT2D eigenvalue weighted by Crippen LogP contribution is -2.49. The van der Waals surface area contributed by atoms with Crippen LogP contribution < -0.4 is 10.1 Å². The molecule has 4 heteroatoms. The normalized spacial score (nSPS) is 18.6. The van der Waals surface area contributed by atoms with E-state index in [0.29, 0.717) is 11.8 Å². The number of nitrogens with one attached hydrogen (secondary N) is 1. The van der Waals surface area contributed by atoms with Gasteiger partial charge in [-0.15, -0.1) is 23.2 Å². The number of benzene rings is 1. The summed E-state index contributed by atoms with van der Waals surface area (Å²) in [5.41, 5.74) is 2.34. The molecular formula is C14H19Cl2NO. The summed E-state index contributed by atoms with van der Waals surface area (Å²) in [5, 5.41) is 3.40. The van der Waals surface area contributed by atoms with E-state index >= 15 is 0 Å².